The standard InChI is InChI=1S/C11H20N2O2/c1-4-11(5-2,9-12)10(14)13-7-6-8-15-3/h4-8H2,1-3H3,(H,13,14). The van der Waals surface area contributed by atoms with Crippen LogP contribution in [0.2, 0.25) is 0 Å². The van der Waals surface area contributed by atoms with Gasteiger partial charge in [-0.1, -0.05) is 13.8 Å². The number of nitrogens with one attached hydrogen (secondary N) is 1. The Kier molecular flexibility index (Phi) is 6.72. The fourth-order valence-corrected chi connectivity index (χ4v) is 1.37. The summed E-state index contributed by atoms with van der Waals surface area (Å²) < 4.78 is 4.87. The van der Waals surface area contributed by atoms with E-state index in [0.717, 1.165) is 6.42 Å². The third-order valence-corrected chi connectivity index (χ3v) is 2.67. The van der Waals surface area contributed by atoms with Crippen LogP contribution in [0.1, 0.15) is 33.1 Å². The molecule has 0 aromatic rings. The van der Waals surface area contributed by atoms with Crippen molar-refractivity contribution in [3.63, 3.8) is 0 Å². The van der Waals surface area contributed by atoms with Gasteiger partial charge in [-0.05, 0) is 19.3 Å². The van der Waals surface area contributed by atoms with Crippen LogP contribution in [0.4, 0.5) is 0 Å². The number of amides is 1. The van der Waals surface area contributed by atoms with Gasteiger partial charge in [0, 0.05) is 20.3 Å². The molecule has 0 rings (SSSR count). The zero-order chi connectivity index (χ0) is 11.7. The zero-order valence-corrected chi connectivity index (χ0v) is 9.80. The smallest absolute Gasteiger partial charge is 0.240 e. The fraction of sp³-hybridized carbons (Fsp3) is 0.818. The molecule has 0 spiro atoms. The lowest BCUT2D eigenvalue weighted by molar-refractivity contribution is -0.128. The van der Waals surface area contributed by atoms with E-state index in [-0.39, 0.29) is 5.91 Å². The molecule has 4 nitrogen and oxygen atoms in total. The number of hydrogen-bond acceptors (Lipinski definition) is 3. The van der Waals surface area contributed by atoms with Gasteiger partial charge in [-0.3, -0.25) is 4.79 Å². The molecular weight excluding hydrogens is 192 g/mol. The van der Waals surface area contributed by atoms with Gasteiger partial charge in [0.1, 0.15) is 5.41 Å². The zero-order valence-electron chi connectivity index (χ0n) is 9.80. The van der Waals surface area contributed by atoms with E-state index in [9.17, 15) is 4.79 Å². The summed E-state index contributed by atoms with van der Waals surface area (Å²) in [5.74, 6) is -0.161. The molecule has 0 unspecified atom stereocenters. The SMILES string of the molecule is CCC(C#N)(CC)C(=O)NCCCOC. The maximum atomic E-state index is 11.7. The highest BCUT2D eigenvalue weighted by atomic mass is 16.5. The molecule has 4 heteroatoms. The molecule has 0 heterocycles. The lowest BCUT2D eigenvalue weighted by Gasteiger charge is -2.21. The Hall–Kier alpha value is -1.08. The predicted molar refractivity (Wildman–Crippen MR) is 58.1 cm³/mol. The van der Waals surface area contributed by atoms with E-state index in [1.165, 1.54) is 0 Å². The van der Waals surface area contributed by atoms with Crippen LogP contribution in [0.15, 0.2) is 0 Å². The first-order valence-corrected chi connectivity index (χ1v) is 5.35. The molecule has 0 saturated carbocycles. The molecule has 1 amide bonds. The molecule has 0 aromatic heterocycles. The highest BCUT2D eigenvalue weighted by Crippen LogP contribution is 2.25. The van der Waals surface area contributed by atoms with Crippen molar-refractivity contribution in [2.45, 2.75) is 33.1 Å². The number of rotatable bonds is 7. The maximum Gasteiger partial charge on any atom is 0.240 e. The molecular formula is C11H20N2O2. The van der Waals surface area contributed by atoms with E-state index in [1.54, 1.807) is 7.11 Å². The summed E-state index contributed by atoms with van der Waals surface area (Å²) in [5, 5.41) is 11.8. The molecule has 15 heavy (non-hydrogen) atoms. The van der Waals surface area contributed by atoms with Gasteiger partial charge >= 0.3 is 0 Å². The predicted octanol–water partition coefficient (Wildman–Crippen LogP) is 1.47. The number of nitriles is 1. The molecule has 0 fully saturated rings. The monoisotopic (exact) mass is 212 g/mol. The van der Waals surface area contributed by atoms with Crippen molar-refractivity contribution in [1.29, 1.82) is 5.26 Å². The Balaban J connectivity index is 4.11. The summed E-state index contributed by atoms with van der Waals surface area (Å²) in [7, 11) is 1.62. The van der Waals surface area contributed by atoms with Gasteiger partial charge in [-0.15, -0.1) is 0 Å². The molecule has 0 aromatic carbocycles. The second-order valence-corrected chi connectivity index (χ2v) is 3.50. The molecule has 86 valence electrons. The molecule has 0 atom stereocenters. The molecule has 0 bridgehead atoms. The van der Waals surface area contributed by atoms with Gasteiger partial charge in [-0.25, -0.2) is 0 Å². The Morgan fingerprint density at radius 3 is 2.47 bits per heavy atom. The largest absolute Gasteiger partial charge is 0.385 e. The average Bonchev–Trinajstić information content (AvgIpc) is 2.28. The van der Waals surface area contributed by atoms with Crippen LogP contribution >= 0.6 is 0 Å². The quantitative estimate of drug-likeness (QED) is 0.650. The highest BCUT2D eigenvalue weighted by Gasteiger charge is 2.34. The lowest BCUT2D eigenvalue weighted by Crippen LogP contribution is -2.40. The van der Waals surface area contributed by atoms with Crippen LogP contribution in [-0.4, -0.2) is 26.2 Å². The topological polar surface area (TPSA) is 62.1 Å². The first-order valence-electron chi connectivity index (χ1n) is 5.35. The maximum absolute atomic E-state index is 11.7. The molecule has 0 aliphatic heterocycles. The number of carbonyl (C=O) groups is 1. The Bertz CT molecular complexity index is 229. The van der Waals surface area contributed by atoms with Gasteiger partial charge in [0.2, 0.25) is 5.91 Å². The lowest BCUT2D eigenvalue weighted by atomic mass is 9.83. The normalized spacial score (nSPS) is 10.8. The average molecular weight is 212 g/mol. The van der Waals surface area contributed by atoms with Gasteiger partial charge < -0.3 is 10.1 Å². The summed E-state index contributed by atoms with van der Waals surface area (Å²) in [6.07, 6.45) is 1.88. The number of hydrogen-bond donors (Lipinski definition) is 1. The van der Waals surface area contributed by atoms with Crippen LogP contribution < -0.4 is 5.32 Å². The van der Waals surface area contributed by atoms with Crippen molar-refractivity contribution in [3.05, 3.63) is 0 Å². The fourth-order valence-electron chi connectivity index (χ4n) is 1.37. The summed E-state index contributed by atoms with van der Waals surface area (Å²) in [6.45, 7) is 4.91. The van der Waals surface area contributed by atoms with Crippen molar-refractivity contribution >= 4 is 5.91 Å². The van der Waals surface area contributed by atoms with Crippen molar-refractivity contribution in [2.24, 2.45) is 5.41 Å². The molecule has 0 saturated heterocycles. The second-order valence-electron chi connectivity index (χ2n) is 3.50. The van der Waals surface area contributed by atoms with E-state index in [4.69, 9.17) is 10.00 Å². The molecule has 0 aliphatic carbocycles. The number of ether oxygens (including phenoxy) is 1. The van der Waals surface area contributed by atoms with Crippen LogP contribution in [0.3, 0.4) is 0 Å². The van der Waals surface area contributed by atoms with E-state index in [1.807, 2.05) is 13.8 Å². The number of methoxy groups -OCH3 is 1. The van der Waals surface area contributed by atoms with E-state index in [2.05, 4.69) is 11.4 Å². The van der Waals surface area contributed by atoms with E-state index < -0.39 is 5.41 Å². The van der Waals surface area contributed by atoms with Gasteiger partial charge in [0.05, 0.1) is 6.07 Å². The van der Waals surface area contributed by atoms with E-state index >= 15 is 0 Å². The number of carbonyl (C=O) groups excluding carboxylic acids is 1. The molecule has 0 aliphatic rings. The van der Waals surface area contributed by atoms with Gasteiger partial charge in [-0.2, -0.15) is 5.26 Å². The molecule has 0 radical (unpaired) electrons. The van der Waals surface area contributed by atoms with Crippen molar-refractivity contribution in [3.8, 4) is 6.07 Å². The summed E-state index contributed by atoms with van der Waals surface area (Å²) >= 11 is 0. The van der Waals surface area contributed by atoms with Gasteiger partial charge in [0.25, 0.3) is 0 Å². The minimum atomic E-state index is -0.854. The highest BCUT2D eigenvalue weighted by molar-refractivity contribution is 5.85. The third-order valence-electron chi connectivity index (χ3n) is 2.67. The first-order chi connectivity index (χ1) is 7.16. The van der Waals surface area contributed by atoms with Crippen molar-refractivity contribution in [1.82, 2.24) is 5.32 Å². The number of nitrogens with zero attached hydrogens (tertiary/aromatic N) is 1. The first kappa shape index (κ1) is 13.9. The van der Waals surface area contributed by atoms with Crippen molar-refractivity contribution < 1.29 is 9.53 Å². The van der Waals surface area contributed by atoms with Crippen LogP contribution in [-0.2, 0) is 9.53 Å². The second kappa shape index (κ2) is 7.24. The summed E-state index contributed by atoms with van der Waals surface area (Å²) in [5.41, 5.74) is -0.854. The minimum Gasteiger partial charge on any atom is -0.385 e. The summed E-state index contributed by atoms with van der Waals surface area (Å²) in [4.78, 5) is 11.7. The van der Waals surface area contributed by atoms with Crippen LogP contribution in [0.25, 0.3) is 0 Å². The van der Waals surface area contributed by atoms with Crippen LogP contribution in [0, 0.1) is 16.7 Å². The molecule has 1 N–H and O–H groups in total. The Morgan fingerprint density at radius 2 is 2.07 bits per heavy atom. The third kappa shape index (κ3) is 3.88. The van der Waals surface area contributed by atoms with Gasteiger partial charge in [0.15, 0.2) is 0 Å². The van der Waals surface area contributed by atoms with E-state index in [0.29, 0.717) is 26.0 Å². The minimum absolute atomic E-state index is 0.161. The Morgan fingerprint density at radius 1 is 1.47 bits per heavy atom. The Labute approximate surface area is 91.6 Å². The summed E-state index contributed by atoms with van der Waals surface area (Å²) in [6, 6.07) is 2.11. The van der Waals surface area contributed by atoms with Crippen LogP contribution in [0.5, 0.6) is 0 Å². The van der Waals surface area contributed by atoms with Crippen molar-refractivity contribution in [2.75, 3.05) is 20.3 Å².